The van der Waals surface area contributed by atoms with E-state index in [4.69, 9.17) is 27.9 Å². The molecule has 1 fully saturated rings. The molecule has 32 heavy (non-hydrogen) atoms. The third kappa shape index (κ3) is 9.60. The molecule has 3 rings (SSSR count). The minimum Gasteiger partial charge on any atom is -0.467 e. The minimum atomic E-state index is -0.836. The fourth-order valence-corrected chi connectivity index (χ4v) is 3.61. The van der Waals surface area contributed by atoms with Crippen LogP contribution in [0.15, 0.2) is 42.5 Å². The first-order chi connectivity index (χ1) is 15.4. The van der Waals surface area contributed by atoms with Gasteiger partial charge in [-0.3, -0.25) is 4.79 Å². The normalized spacial score (nSPS) is 13.4. The molecule has 2 N–H and O–H groups in total. The molecule has 7 heteroatoms. The molecular formula is C25H34Cl2N2O3. The molecule has 1 unspecified atom stereocenters. The van der Waals surface area contributed by atoms with Crippen molar-refractivity contribution in [3.8, 4) is 0 Å². The molecule has 0 saturated carbocycles. The molecule has 2 aromatic rings. The van der Waals surface area contributed by atoms with Crippen LogP contribution in [0.25, 0.3) is 0 Å². The molecule has 1 aliphatic rings. The molecule has 1 saturated heterocycles. The molecule has 1 atom stereocenters. The second-order valence-electron chi connectivity index (χ2n) is 7.15. The minimum absolute atomic E-state index is 0.138. The number of piperidine rings is 1. The van der Waals surface area contributed by atoms with Crippen LogP contribution in [0.5, 0.6) is 0 Å². The maximum absolute atomic E-state index is 12.5. The Bertz CT molecular complexity index is 806. The third-order valence-corrected chi connectivity index (χ3v) is 5.38. The van der Waals surface area contributed by atoms with E-state index < -0.39 is 17.9 Å². The number of halogens is 2. The van der Waals surface area contributed by atoms with Crippen molar-refractivity contribution in [1.82, 2.24) is 10.6 Å². The zero-order chi connectivity index (χ0) is 23.9. The van der Waals surface area contributed by atoms with Gasteiger partial charge in [-0.2, -0.15) is 0 Å². The highest BCUT2D eigenvalue weighted by Crippen LogP contribution is 2.24. The summed E-state index contributed by atoms with van der Waals surface area (Å²) in [6.45, 7) is 8.47. The van der Waals surface area contributed by atoms with Gasteiger partial charge in [0.1, 0.15) is 6.04 Å². The zero-order valence-electron chi connectivity index (χ0n) is 19.3. The summed E-state index contributed by atoms with van der Waals surface area (Å²) in [5, 5.41) is 6.37. The molecule has 0 spiro atoms. The topological polar surface area (TPSA) is 67.4 Å². The van der Waals surface area contributed by atoms with Gasteiger partial charge in [-0.1, -0.05) is 79.4 Å². The van der Waals surface area contributed by atoms with E-state index in [9.17, 15) is 9.59 Å². The van der Waals surface area contributed by atoms with Crippen molar-refractivity contribution in [1.29, 1.82) is 0 Å². The Labute approximate surface area is 201 Å². The van der Waals surface area contributed by atoms with Crippen molar-refractivity contribution in [2.75, 3.05) is 20.2 Å². The van der Waals surface area contributed by atoms with Gasteiger partial charge in [0.05, 0.1) is 22.7 Å². The summed E-state index contributed by atoms with van der Waals surface area (Å²) >= 11 is 12.1. The Morgan fingerprint density at radius 2 is 1.56 bits per heavy atom. The van der Waals surface area contributed by atoms with E-state index in [0.717, 1.165) is 11.1 Å². The average molecular weight is 481 g/mol. The maximum atomic E-state index is 12.5. The van der Waals surface area contributed by atoms with Crippen LogP contribution in [0.1, 0.15) is 54.6 Å². The van der Waals surface area contributed by atoms with E-state index in [1.165, 1.54) is 39.5 Å². The molecule has 5 nitrogen and oxygen atoms in total. The number of carbonyl (C=O) groups excluding carboxylic acids is 2. The van der Waals surface area contributed by atoms with Gasteiger partial charge in [-0.15, -0.1) is 0 Å². The number of methoxy groups -OCH3 is 1. The number of aryl methyl sites for hydroxylation is 1. The number of esters is 1. The fourth-order valence-electron chi connectivity index (χ4n) is 3.04. The zero-order valence-corrected chi connectivity index (χ0v) is 20.9. The highest BCUT2D eigenvalue weighted by atomic mass is 35.5. The number of hydrogen-bond donors (Lipinski definition) is 2. The Balaban J connectivity index is 0.000000542. The van der Waals surface area contributed by atoms with E-state index in [1.54, 1.807) is 18.2 Å². The first-order valence-corrected chi connectivity index (χ1v) is 11.8. The lowest BCUT2D eigenvalue weighted by Crippen LogP contribution is -2.43. The van der Waals surface area contributed by atoms with E-state index in [2.05, 4.69) is 10.6 Å². The third-order valence-electron chi connectivity index (χ3n) is 4.75. The molecule has 0 aliphatic carbocycles. The molecule has 176 valence electrons. The molecule has 0 aromatic heterocycles. The Morgan fingerprint density at radius 1 is 1.00 bits per heavy atom. The number of hydrogen-bond acceptors (Lipinski definition) is 4. The van der Waals surface area contributed by atoms with Crippen molar-refractivity contribution in [3.05, 3.63) is 69.2 Å². The van der Waals surface area contributed by atoms with E-state index >= 15 is 0 Å². The second kappa shape index (κ2) is 15.7. The molecular weight excluding hydrogens is 447 g/mol. The predicted molar refractivity (Wildman–Crippen MR) is 133 cm³/mol. The molecule has 1 aliphatic heterocycles. The summed E-state index contributed by atoms with van der Waals surface area (Å²) in [6, 6.07) is 11.6. The number of amides is 1. The Kier molecular flexibility index (Phi) is 13.7. The largest absolute Gasteiger partial charge is 0.467 e. The van der Waals surface area contributed by atoms with Crippen LogP contribution in [-0.2, 0) is 16.0 Å². The van der Waals surface area contributed by atoms with Gasteiger partial charge in [0.2, 0.25) is 0 Å². The van der Waals surface area contributed by atoms with Crippen LogP contribution >= 0.6 is 23.2 Å². The van der Waals surface area contributed by atoms with Crippen molar-refractivity contribution in [2.24, 2.45) is 0 Å². The summed E-state index contributed by atoms with van der Waals surface area (Å²) in [4.78, 5) is 24.5. The van der Waals surface area contributed by atoms with Gasteiger partial charge in [0, 0.05) is 6.42 Å². The molecule has 2 aromatic carbocycles. The van der Waals surface area contributed by atoms with Crippen LogP contribution in [0, 0.1) is 6.92 Å². The fraction of sp³-hybridized carbons (Fsp3) is 0.440. The average Bonchev–Trinajstić information content (AvgIpc) is 2.82. The van der Waals surface area contributed by atoms with Crippen LogP contribution < -0.4 is 10.6 Å². The molecule has 0 radical (unpaired) electrons. The monoisotopic (exact) mass is 480 g/mol. The number of rotatable bonds is 5. The number of carbonyl (C=O) groups is 2. The SMILES string of the molecule is C1CCNCC1.CC.COC(=O)C(Cc1ccc(C)cc1)NC(=O)c1c(Cl)cccc1Cl. The van der Waals surface area contributed by atoms with Crippen LogP contribution in [0.4, 0.5) is 0 Å². The van der Waals surface area contributed by atoms with Crippen molar-refractivity contribution in [3.63, 3.8) is 0 Å². The van der Waals surface area contributed by atoms with Gasteiger partial charge in [0.25, 0.3) is 5.91 Å². The summed E-state index contributed by atoms with van der Waals surface area (Å²) in [6.07, 6.45) is 4.52. The first-order valence-electron chi connectivity index (χ1n) is 11.0. The van der Waals surface area contributed by atoms with Gasteiger partial charge in [-0.25, -0.2) is 4.79 Å². The van der Waals surface area contributed by atoms with Gasteiger partial charge in [0.15, 0.2) is 0 Å². The van der Waals surface area contributed by atoms with E-state index in [0.29, 0.717) is 6.42 Å². The van der Waals surface area contributed by atoms with Crippen molar-refractivity contribution in [2.45, 2.75) is 52.5 Å². The van der Waals surface area contributed by atoms with Crippen LogP contribution in [0.3, 0.4) is 0 Å². The Hall–Kier alpha value is -2.08. The standard InChI is InChI=1S/C18H17Cl2NO3.C5H11N.C2H6/c1-11-6-8-12(9-7-11)10-15(18(23)24-2)21-17(22)16-13(19)4-3-5-14(16)20;1-2-4-6-5-3-1;1-2/h3-9,15H,10H2,1-2H3,(H,21,22);6H,1-5H2;1-2H3. The lowest BCUT2D eigenvalue weighted by atomic mass is 10.0. The maximum Gasteiger partial charge on any atom is 0.328 e. The molecule has 1 heterocycles. The van der Waals surface area contributed by atoms with Crippen molar-refractivity contribution < 1.29 is 14.3 Å². The van der Waals surface area contributed by atoms with E-state index in [-0.39, 0.29) is 15.6 Å². The number of nitrogens with one attached hydrogen (secondary N) is 2. The van der Waals surface area contributed by atoms with Crippen LogP contribution in [0.2, 0.25) is 10.0 Å². The van der Waals surface area contributed by atoms with Gasteiger partial charge >= 0.3 is 5.97 Å². The molecule has 0 bridgehead atoms. The predicted octanol–water partition coefficient (Wildman–Crippen LogP) is 5.60. The quantitative estimate of drug-likeness (QED) is 0.546. The summed E-state index contributed by atoms with van der Waals surface area (Å²) in [5.41, 5.74) is 2.15. The number of benzene rings is 2. The van der Waals surface area contributed by atoms with Gasteiger partial charge < -0.3 is 15.4 Å². The lowest BCUT2D eigenvalue weighted by molar-refractivity contribution is -0.142. The van der Waals surface area contributed by atoms with E-state index in [1.807, 2.05) is 45.0 Å². The highest BCUT2D eigenvalue weighted by molar-refractivity contribution is 6.39. The van der Waals surface area contributed by atoms with Gasteiger partial charge in [-0.05, 0) is 50.6 Å². The highest BCUT2D eigenvalue weighted by Gasteiger charge is 2.24. The summed E-state index contributed by atoms with van der Waals surface area (Å²) in [5.74, 6) is -1.06. The summed E-state index contributed by atoms with van der Waals surface area (Å²) in [7, 11) is 1.28. The first kappa shape index (κ1) is 28.0. The summed E-state index contributed by atoms with van der Waals surface area (Å²) < 4.78 is 4.79. The molecule has 1 amide bonds. The van der Waals surface area contributed by atoms with Crippen molar-refractivity contribution >= 4 is 35.1 Å². The van der Waals surface area contributed by atoms with Crippen LogP contribution in [-0.4, -0.2) is 38.1 Å². The second-order valence-corrected chi connectivity index (χ2v) is 7.96. The Morgan fingerprint density at radius 3 is 2.00 bits per heavy atom. The number of ether oxygens (including phenoxy) is 1. The lowest BCUT2D eigenvalue weighted by Gasteiger charge is -2.17. The smallest absolute Gasteiger partial charge is 0.328 e.